The Bertz CT molecular complexity index is 1310. The van der Waals surface area contributed by atoms with Gasteiger partial charge < -0.3 is 44.3 Å². The first kappa shape index (κ1) is 40.7. The maximum atomic E-state index is 14.1. The van der Waals surface area contributed by atoms with Crippen LogP contribution in [-0.4, -0.2) is 115 Å². The molecule has 0 aliphatic carbocycles. The van der Waals surface area contributed by atoms with Crippen molar-refractivity contribution in [3.05, 3.63) is 35.9 Å². The fourth-order valence-electron chi connectivity index (χ4n) is 5.60. The number of ether oxygens (including phenoxy) is 3. The molecule has 0 radical (unpaired) electrons. The summed E-state index contributed by atoms with van der Waals surface area (Å²) in [7, 11) is -3.07. The molecule has 2 fully saturated rings. The fraction of sp³-hybridized carbons (Fsp3) is 0.667. The lowest BCUT2D eigenvalue weighted by atomic mass is 10.1. The van der Waals surface area contributed by atoms with Crippen molar-refractivity contribution in [2.24, 2.45) is 0 Å². The highest BCUT2D eigenvalue weighted by Crippen LogP contribution is 2.54. The molecule has 2 heterocycles. The van der Waals surface area contributed by atoms with E-state index in [0.29, 0.717) is 64.8 Å². The number of nitrogens with zero attached hydrogens (tertiary/aromatic N) is 2. The van der Waals surface area contributed by atoms with Crippen LogP contribution in [0.25, 0.3) is 0 Å². The first-order valence-electron chi connectivity index (χ1n) is 17.1. The molecule has 0 spiro atoms. The lowest BCUT2D eigenvalue weighted by molar-refractivity contribution is -0.151. The van der Waals surface area contributed by atoms with Crippen LogP contribution in [0.4, 0.5) is 9.59 Å². The van der Waals surface area contributed by atoms with Gasteiger partial charge in [0.25, 0.3) is 11.8 Å². The van der Waals surface area contributed by atoms with Crippen molar-refractivity contribution in [1.82, 2.24) is 20.4 Å². The third kappa shape index (κ3) is 12.6. The van der Waals surface area contributed by atoms with Gasteiger partial charge in [-0.25, -0.2) is 14.4 Å². The molecule has 5 atom stereocenters. The van der Waals surface area contributed by atoms with Crippen molar-refractivity contribution in [2.75, 3.05) is 46.5 Å². The number of hydrogen-bond acceptors (Lipinski definition) is 11. The Balaban J connectivity index is 1.65. The SMILES string of the molecule is CCCCC(NC(=O)[C@H](CCCCNC(=O)OCc1ccccc1)OC(=O)N1CCOCC1)P(=O)(OC)O[C@@H](C)C(=O)N1CCC[C@H]1C(=O)O. The molecule has 50 heavy (non-hydrogen) atoms. The molecule has 3 N–H and O–H groups in total. The van der Waals surface area contributed by atoms with Crippen molar-refractivity contribution < 1.29 is 56.9 Å². The van der Waals surface area contributed by atoms with E-state index in [4.69, 9.17) is 23.3 Å². The maximum Gasteiger partial charge on any atom is 0.410 e. The topological polar surface area (TPSA) is 199 Å². The van der Waals surface area contributed by atoms with Gasteiger partial charge in [0, 0.05) is 33.3 Å². The van der Waals surface area contributed by atoms with Crippen molar-refractivity contribution in [3.8, 4) is 0 Å². The van der Waals surface area contributed by atoms with Gasteiger partial charge in [0.15, 0.2) is 6.10 Å². The summed E-state index contributed by atoms with van der Waals surface area (Å²) in [6, 6.07) is 8.22. The number of carboxylic acids is 1. The third-order valence-corrected chi connectivity index (χ3v) is 10.7. The van der Waals surface area contributed by atoms with Gasteiger partial charge in [-0.3, -0.25) is 18.7 Å². The largest absolute Gasteiger partial charge is 0.480 e. The maximum absolute atomic E-state index is 14.1. The number of aliphatic carboxylic acids is 1. The number of carboxylic acid groups (broad SMARTS) is 1. The van der Waals surface area contributed by atoms with E-state index in [0.717, 1.165) is 12.7 Å². The molecule has 280 valence electrons. The number of carbonyl (C=O) groups is 5. The normalized spacial score (nSPS) is 19.1. The second kappa shape index (κ2) is 20.8. The number of benzene rings is 1. The van der Waals surface area contributed by atoms with Crippen LogP contribution < -0.4 is 10.6 Å². The molecule has 2 aliphatic rings. The van der Waals surface area contributed by atoms with Crippen LogP contribution in [-0.2, 0) is 48.8 Å². The minimum absolute atomic E-state index is 0.0850. The van der Waals surface area contributed by atoms with Crippen LogP contribution >= 0.6 is 7.60 Å². The zero-order valence-electron chi connectivity index (χ0n) is 29.1. The summed E-state index contributed by atoms with van der Waals surface area (Å²) in [5.41, 5.74) is 0.846. The van der Waals surface area contributed by atoms with E-state index in [1.54, 1.807) is 0 Å². The Labute approximate surface area is 293 Å². The van der Waals surface area contributed by atoms with E-state index in [2.05, 4.69) is 10.6 Å². The van der Waals surface area contributed by atoms with Crippen molar-refractivity contribution in [2.45, 2.75) is 95.9 Å². The van der Waals surface area contributed by atoms with Gasteiger partial charge in [-0.15, -0.1) is 0 Å². The molecule has 1 aromatic rings. The van der Waals surface area contributed by atoms with Crippen LogP contribution in [0.2, 0.25) is 0 Å². The van der Waals surface area contributed by atoms with Gasteiger partial charge in [0.05, 0.1) is 13.2 Å². The number of carbonyl (C=O) groups excluding carboxylic acids is 4. The van der Waals surface area contributed by atoms with Gasteiger partial charge in [-0.2, -0.15) is 0 Å². The lowest BCUT2D eigenvalue weighted by Crippen LogP contribution is -2.48. The van der Waals surface area contributed by atoms with E-state index >= 15 is 0 Å². The molecular weight excluding hydrogens is 675 g/mol. The van der Waals surface area contributed by atoms with Gasteiger partial charge in [0.2, 0.25) is 0 Å². The Morgan fingerprint density at radius 2 is 1.76 bits per heavy atom. The number of hydrogen-bond donors (Lipinski definition) is 3. The number of rotatable bonds is 19. The minimum Gasteiger partial charge on any atom is -0.480 e. The highest BCUT2D eigenvalue weighted by atomic mass is 31.2. The zero-order valence-corrected chi connectivity index (χ0v) is 30.0. The van der Waals surface area contributed by atoms with Crippen LogP contribution in [0.15, 0.2) is 30.3 Å². The number of alkyl carbamates (subject to hydrolysis) is 1. The molecule has 2 saturated heterocycles. The van der Waals surface area contributed by atoms with Crippen LogP contribution in [0.5, 0.6) is 0 Å². The molecule has 2 aliphatic heterocycles. The van der Waals surface area contributed by atoms with E-state index in [1.807, 2.05) is 37.3 Å². The average Bonchev–Trinajstić information content (AvgIpc) is 3.62. The molecule has 1 aromatic carbocycles. The smallest absolute Gasteiger partial charge is 0.410 e. The van der Waals surface area contributed by atoms with Gasteiger partial charge in [0.1, 0.15) is 24.5 Å². The second-order valence-electron chi connectivity index (χ2n) is 12.1. The Kier molecular flexibility index (Phi) is 17.0. The van der Waals surface area contributed by atoms with Gasteiger partial charge in [-0.05, 0) is 51.0 Å². The quantitative estimate of drug-likeness (QED) is 0.138. The Morgan fingerprint density at radius 3 is 2.42 bits per heavy atom. The summed E-state index contributed by atoms with van der Waals surface area (Å²) in [6.07, 6.45) is -0.864. The molecule has 0 bridgehead atoms. The second-order valence-corrected chi connectivity index (χ2v) is 14.4. The highest BCUT2D eigenvalue weighted by molar-refractivity contribution is 7.54. The first-order valence-corrected chi connectivity index (χ1v) is 18.8. The number of unbranched alkanes of at least 4 members (excludes halogenated alkanes) is 2. The molecule has 2 unspecified atom stereocenters. The number of likely N-dealkylation sites (tertiary alicyclic amines) is 1. The van der Waals surface area contributed by atoms with E-state index in [-0.39, 0.29) is 32.5 Å². The summed E-state index contributed by atoms with van der Waals surface area (Å²) in [5.74, 6) is -3.71. The molecule has 16 nitrogen and oxygen atoms in total. The number of amides is 4. The number of morpholine rings is 1. The zero-order chi connectivity index (χ0) is 36.5. The number of nitrogens with one attached hydrogen (secondary N) is 2. The summed E-state index contributed by atoms with van der Waals surface area (Å²) in [4.78, 5) is 66.3. The van der Waals surface area contributed by atoms with Crippen LogP contribution in [0, 0.1) is 0 Å². The summed E-state index contributed by atoms with van der Waals surface area (Å²) >= 11 is 0. The molecular formula is C33H51N4O12P. The minimum atomic E-state index is -4.22. The van der Waals surface area contributed by atoms with Crippen molar-refractivity contribution >= 4 is 37.6 Å². The molecule has 0 saturated carbocycles. The predicted molar refractivity (Wildman–Crippen MR) is 180 cm³/mol. The van der Waals surface area contributed by atoms with E-state index in [9.17, 15) is 33.6 Å². The molecule has 0 aromatic heterocycles. The third-order valence-electron chi connectivity index (χ3n) is 8.43. The fourth-order valence-corrected chi connectivity index (χ4v) is 7.40. The first-order chi connectivity index (χ1) is 24.0. The molecule has 4 amide bonds. The summed E-state index contributed by atoms with van der Waals surface area (Å²) < 4.78 is 41.4. The summed E-state index contributed by atoms with van der Waals surface area (Å²) in [5, 5.41) is 14.9. The average molecular weight is 727 g/mol. The molecule has 17 heteroatoms. The van der Waals surface area contributed by atoms with Crippen molar-refractivity contribution in [1.29, 1.82) is 0 Å². The van der Waals surface area contributed by atoms with Crippen LogP contribution in [0.1, 0.15) is 70.8 Å². The van der Waals surface area contributed by atoms with Crippen molar-refractivity contribution in [3.63, 3.8) is 0 Å². The van der Waals surface area contributed by atoms with Gasteiger partial charge >= 0.3 is 25.8 Å². The summed E-state index contributed by atoms with van der Waals surface area (Å²) in [6.45, 7) is 5.09. The highest BCUT2D eigenvalue weighted by Gasteiger charge is 2.43. The standard InChI is InChI=1S/C33H51N4O12P/c1-4-5-16-28(50(44,45-3)49-24(2)30(39)37-18-11-14-26(37)31(40)41)35-29(38)27(48-33(43)36-19-21-46-22-20-36)15-9-10-17-34-32(42)47-23-25-12-7-6-8-13-25/h6-8,12-13,24,26-28H,4-5,9-11,14-23H2,1-3H3,(H,34,42)(H,35,38)(H,40,41)/t24-,26-,27-,28?,50?/m0/s1. The monoisotopic (exact) mass is 726 g/mol. The van der Waals surface area contributed by atoms with Gasteiger partial charge in [-0.1, -0.05) is 50.1 Å². The Hall–Kier alpha value is -3.72. The van der Waals surface area contributed by atoms with Crippen LogP contribution in [0.3, 0.4) is 0 Å². The van der Waals surface area contributed by atoms with E-state index < -0.39 is 61.6 Å². The molecule has 3 rings (SSSR count). The lowest BCUT2D eigenvalue weighted by Gasteiger charge is -2.32. The predicted octanol–water partition coefficient (Wildman–Crippen LogP) is 3.87. The Morgan fingerprint density at radius 1 is 1.04 bits per heavy atom. The van der Waals surface area contributed by atoms with E-state index in [1.165, 1.54) is 16.7 Å².